The van der Waals surface area contributed by atoms with Crippen LogP contribution in [0.25, 0.3) is 11.0 Å². The van der Waals surface area contributed by atoms with Gasteiger partial charge in [0.1, 0.15) is 11.3 Å². The molecule has 0 saturated heterocycles. The fourth-order valence-electron chi connectivity index (χ4n) is 4.57. The average molecular weight is 454 g/mol. The molecule has 1 atom stereocenters. The molecule has 0 spiro atoms. The second-order valence-electron chi connectivity index (χ2n) is 9.73. The summed E-state index contributed by atoms with van der Waals surface area (Å²) in [5.74, 6) is 0.595. The molecule has 3 aromatic carbocycles. The van der Waals surface area contributed by atoms with E-state index in [1.54, 1.807) is 30.2 Å². The van der Waals surface area contributed by atoms with E-state index in [4.69, 9.17) is 9.15 Å². The van der Waals surface area contributed by atoms with Crippen molar-refractivity contribution in [3.63, 3.8) is 0 Å². The highest BCUT2D eigenvalue weighted by molar-refractivity contribution is 5.99. The number of ether oxygens (including phenoxy) is 1. The number of hydrogen-bond donors (Lipinski definition) is 0. The van der Waals surface area contributed by atoms with Crippen LogP contribution in [-0.2, 0) is 12.0 Å². The van der Waals surface area contributed by atoms with Crippen molar-refractivity contribution in [2.45, 2.75) is 38.8 Å². The van der Waals surface area contributed by atoms with Crippen LogP contribution in [-0.4, -0.2) is 17.9 Å². The van der Waals surface area contributed by atoms with Crippen molar-refractivity contribution in [3.05, 3.63) is 111 Å². The highest BCUT2D eigenvalue weighted by Crippen LogP contribution is 2.39. The molecule has 0 fully saturated rings. The summed E-state index contributed by atoms with van der Waals surface area (Å²) in [7, 11) is 1.62. The fraction of sp³-hybridized carbons (Fsp3) is 0.241. The minimum atomic E-state index is -0.528. The molecule has 5 nitrogen and oxygen atoms in total. The molecule has 1 aliphatic heterocycles. The molecule has 2 heterocycles. The molecule has 1 amide bonds. The van der Waals surface area contributed by atoms with E-state index in [1.807, 2.05) is 42.5 Å². The van der Waals surface area contributed by atoms with Gasteiger partial charge in [-0.3, -0.25) is 9.59 Å². The van der Waals surface area contributed by atoms with Crippen molar-refractivity contribution < 1.29 is 13.9 Å². The van der Waals surface area contributed by atoms with Crippen LogP contribution in [0.3, 0.4) is 0 Å². The molecule has 0 radical (unpaired) electrons. The van der Waals surface area contributed by atoms with Gasteiger partial charge in [0.25, 0.3) is 5.91 Å². The Kier molecular flexibility index (Phi) is 5.28. The number of amides is 1. The Morgan fingerprint density at radius 1 is 0.912 bits per heavy atom. The van der Waals surface area contributed by atoms with Crippen LogP contribution in [0.1, 0.15) is 59.6 Å². The van der Waals surface area contributed by atoms with Crippen LogP contribution in [0.15, 0.2) is 82.0 Å². The first-order valence-corrected chi connectivity index (χ1v) is 11.4. The Bertz CT molecular complexity index is 1430. The van der Waals surface area contributed by atoms with Gasteiger partial charge in [-0.25, -0.2) is 0 Å². The lowest BCUT2D eigenvalue weighted by atomic mass is 9.86. The molecule has 0 N–H and O–H groups in total. The van der Waals surface area contributed by atoms with Crippen LogP contribution in [0.2, 0.25) is 0 Å². The Morgan fingerprint density at radius 3 is 2.24 bits per heavy atom. The highest BCUT2D eigenvalue weighted by Gasteiger charge is 2.42. The van der Waals surface area contributed by atoms with Gasteiger partial charge in [-0.15, -0.1) is 0 Å². The largest absolute Gasteiger partial charge is 0.497 e. The number of carbonyl (C=O) groups is 1. The molecule has 5 rings (SSSR count). The third-order valence-electron chi connectivity index (χ3n) is 6.48. The first-order chi connectivity index (χ1) is 16.3. The van der Waals surface area contributed by atoms with Crippen molar-refractivity contribution in [1.29, 1.82) is 0 Å². The SMILES string of the molecule is COc1ccc(CN2C(=O)c3oc4ccccc4c(=O)c3[C@H]2c2ccc(C(C)(C)C)cc2)cc1. The quantitative estimate of drug-likeness (QED) is 0.389. The Labute approximate surface area is 198 Å². The monoisotopic (exact) mass is 453 g/mol. The lowest BCUT2D eigenvalue weighted by Gasteiger charge is -2.26. The number of para-hydroxylation sites is 1. The van der Waals surface area contributed by atoms with Crippen molar-refractivity contribution >= 4 is 16.9 Å². The zero-order valence-corrected chi connectivity index (χ0v) is 19.8. The number of benzene rings is 3. The summed E-state index contributed by atoms with van der Waals surface area (Å²) < 4.78 is 11.3. The van der Waals surface area contributed by atoms with E-state index < -0.39 is 6.04 Å². The molecular weight excluding hydrogens is 426 g/mol. The number of carbonyl (C=O) groups excluding carboxylic acids is 1. The molecule has 4 aromatic rings. The minimum Gasteiger partial charge on any atom is -0.497 e. The van der Waals surface area contributed by atoms with Crippen LogP contribution in [0.4, 0.5) is 0 Å². The molecule has 1 aliphatic rings. The van der Waals surface area contributed by atoms with E-state index in [2.05, 4.69) is 32.9 Å². The second kappa shape index (κ2) is 8.17. The highest BCUT2D eigenvalue weighted by atomic mass is 16.5. The van der Waals surface area contributed by atoms with Crippen molar-refractivity contribution in [2.75, 3.05) is 7.11 Å². The van der Waals surface area contributed by atoms with Gasteiger partial charge in [0.2, 0.25) is 5.76 Å². The third kappa shape index (κ3) is 3.67. The summed E-state index contributed by atoms with van der Waals surface area (Å²) in [4.78, 5) is 28.9. The van der Waals surface area contributed by atoms with E-state index in [1.165, 1.54) is 5.56 Å². The predicted molar refractivity (Wildman–Crippen MR) is 132 cm³/mol. The summed E-state index contributed by atoms with van der Waals surface area (Å²) in [5, 5.41) is 0.483. The van der Waals surface area contributed by atoms with Gasteiger partial charge in [-0.05, 0) is 46.4 Å². The van der Waals surface area contributed by atoms with E-state index in [-0.39, 0.29) is 22.5 Å². The summed E-state index contributed by atoms with van der Waals surface area (Å²) in [6.07, 6.45) is 0. The number of rotatable bonds is 4. The molecule has 0 aliphatic carbocycles. The maximum atomic E-state index is 13.6. The fourth-order valence-corrected chi connectivity index (χ4v) is 4.57. The topological polar surface area (TPSA) is 59.8 Å². The number of fused-ring (bicyclic) bond motifs is 2. The summed E-state index contributed by atoms with van der Waals surface area (Å²) >= 11 is 0. The molecular formula is C29H27NO4. The van der Waals surface area contributed by atoms with Crippen LogP contribution in [0, 0.1) is 0 Å². The first kappa shape index (κ1) is 22.0. The zero-order valence-electron chi connectivity index (χ0n) is 19.8. The van der Waals surface area contributed by atoms with Gasteiger partial charge in [0.05, 0.1) is 24.1 Å². The van der Waals surface area contributed by atoms with Crippen molar-refractivity contribution in [2.24, 2.45) is 0 Å². The lowest BCUT2D eigenvalue weighted by molar-refractivity contribution is 0.0714. The van der Waals surface area contributed by atoms with Gasteiger partial charge in [0.15, 0.2) is 5.43 Å². The number of nitrogens with zero attached hydrogens (tertiary/aromatic N) is 1. The van der Waals surface area contributed by atoms with E-state index in [0.717, 1.165) is 16.9 Å². The summed E-state index contributed by atoms with van der Waals surface area (Å²) in [5.41, 5.74) is 3.68. The first-order valence-electron chi connectivity index (χ1n) is 11.4. The van der Waals surface area contributed by atoms with Crippen LogP contribution in [0.5, 0.6) is 5.75 Å². The Morgan fingerprint density at radius 2 is 1.59 bits per heavy atom. The van der Waals surface area contributed by atoms with Gasteiger partial charge < -0.3 is 14.1 Å². The normalized spacial score (nSPS) is 15.6. The molecule has 1 aromatic heterocycles. The van der Waals surface area contributed by atoms with Crippen LogP contribution >= 0.6 is 0 Å². The van der Waals surface area contributed by atoms with E-state index >= 15 is 0 Å². The summed E-state index contributed by atoms with van der Waals surface area (Å²) in [6.45, 7) is 6.82. The van der Waals surface area contributed by atoms with E-state index in [9.17, 15) is 9.59 Å². The second-order valence-corrected chi connectivity index (χ2v) is 9.73. The molecule has 0 saturated carbocycles. The maximum Gasteiger partial charge on any atom is 0.291 e. The minimum absolute atomic E-state index is 0.0000550. The average Bonchev–Trinajstić information content (AvgIpc) is 3.11. The van der Waals surface area contributed by atoms with Gasteiger partial charge in [-0.1, -0.05) is 69.3 Å². The summed E-state index contributed by atoms with van der Waals surface area (Å²) in [6, 6.07) is 22.3. The number of methoxy groups -OCH3 is 1. The molecule has 34 heavy (non-hydrogen) atoms. The molecule has 0 bridgehead atoms. The molecule has 0 unspecified atom stereocenters. The Hall–Kier alpha value is -3.86. The van der Waals surface area contributed by atoms with E-state index in [0.29, 0.717) is 23.1 Å². The van der Waals surface area contributed by atoms with Crippen molar-refractivity contribution in [1.82, 2.24) is 4.90 Å². The van der Waals surface area contributed by atoms with Gasteiger partial charge in [-0.2, -0.15) is 0 Å². The molecule has 5 heteroatoms. The maximum absolute atomic E-state index is 13.6. The van der Waals surface area contributed by atoms with Crippen LogP contribution < -0.4 is 10.2 Å². The van der Waals surface area contributed by atoms with Gasteiger partial charge in [0, 0.05) is 6.54 Å². The number of hydrogen-bond acceptors (Lipinski definition) is 4. The zero-order chi connectivity index (χ0) is 24.0. The predicted octanol–water partition coefficient (Wildman–Crippen LogP) is 5.84. The Balaban J connectivity index is 1.66. The molecule has 172 valence electrons. The van der Waals surface area contributed by atoms with Gasteiger partial charge >= 0.3 is 0 Å². The standard InChI is InChI=1S/C29H27NO4/c1-29(2,3)20-13-11-19(12-14-20)25-24-26(31)22-7-5-6-8-23(22)34-27(24)28(32)30(25)17-18-9-15-21(33-4)16-10-18/h5-16,25H,17H2,1-4H3/t25-/m1/s1. The lowest BCUT2D eigenvalue weighted by Crippen LogP contribution is -2.29. The smallest absolute Gasteiger partial charge is 0.291 e. The van der Waals surface area contributed by atoms with Crippen molar-refractivity contribution in [3.8, 4) is 5.75 Å². The third-order valence-corrected chi connectivity index (χ3v) is 6.48.